The minimum absolute atomic E-state index is 0.347. The molecule has 0 amide bonds. The minimum atomic E-state index is -0.352. The van der Waals surface area contributed by atoms with Gasteiger partial charge in [0.25, 0.3) is 0 Å². The highest BCUT2D eigenvalue weighted by Crippen LogP contribution is 2.20. The van der Waals surface area contributed by atoms with Gasteiger partial charge in [-0.3, -0.25) is 0 Å². The van der Waals surface area contributed by atoms with Crippen molar-refractivity contribution in [3.63, 3.8) is 0 Å². The molecule has 0 saturated carbocycles. The molecule has 1 nitrogen and oxygen atoms in total. The van der Waals surface area contributed by atoms with E-state index in [2.05, 4.69) is 59.0 Å². The molecule has 0 aromatic heterocycles. The zero-order chi connectivity index (χ0) is 9.56. The maximum absolute atomic E-state index is 11.7. The lowest BCUT2D eigenvalue weighted by molar-refractivity contribution is -0.000229. The van der Waals surface area contributed by atoms with E-state index in [4.69, 9.17) is 0 Å². The highest BCUT2D eigenvalue weighted by molar-refractivity contribution is 14.1. The van der Waals surface area contributed by atoms with Crippen LogP contribution in [-0.4, -0.2) is 15.0 Å². The monoisotopic (exact) mass is 395 g/mol. The summed E-state index contributed by atoms with van der Waals surface area (Å²) < 4.78 is 2.21. The van der Waals surface area contributed by atoms with Crippen molar-refractivity contribution in [3.05, 3.63) is 0 Å². The molecular weight excluding hydrogens is 378 g/mol. The lowest BCUT2D eigenvalue weighted by atomic mass is 9.90. The van der Waals surface area contributed by atoms with Crippen LogP contribution in [0.4, 0.5) is 0 Å². The van der Waals surface area contributed by atoms with E-state index in [1.165, 1.54) is 0 Å². The van der Waals surface area contributed by atoms with E-state index in [-0.39, 0.29) is 6.10 Å². The average molecular weight is 395 g/mol. The summed E-state index contributed by atoms with van der Waals surface area (Å²) in [5.74, 6) is 0.694. The molecule has 3 heteroatoms. The topological polar surface area (TPSA) is 19.9 Å². The van der Waals surface area contributed by atoms with Gasteiger partial charge in [-0.25, -0.2) is 5.11 Å². The molecular formula is C9H17I2O. The van der Waals surface area contributed by atoms with Gasteiger partial charge in [0.1, 0.15) is 0 Å². The van der Waals surface area contributed by atoms with Gasteiger partial charge < -0.3 is 0 Å². The number of alkyl halides is 2. The van der Waals surface area contributed by atoms with Crippen LogP contribution >= 0.6 is 45.2 Å². The summed E-state index contributed by atoms with van der Waals surface area (Å²) in [5, 5.41) is 11.7. The molecule has 0 aliphatic rings. The smallest absolute Gasteiger partial charge is 0.0981 e. The normalized spacial score (nSPS) is 18.8. The third-order valence-electron chi connectivity index (χ3n) is 2.25. The first kappa shape index (κ1) is 13.4. The Hall–Kier alpha value is 1.42. The second-order valence-corrected chi connectivity index (χ2v) is 5.53. The molecule has 12 heavy (non-hydrogen) atoms. The predicted octanol–water partition coefficient (Wildman–Crippen LogP) is 3.71. The van der Waals surface area contributed by atoms with Gasteiger partial charge in [-0.05, 0) is 33.5 Å². The van der Waals surface area contributed by atoms with Gasteiger partial charge >= 0.3 is 0 Å². The van der Waals surface area contributed by atoms with Crippen molar-refractivity contribution < 1.29 is 5.11 Å². The summed E-state index contributed by atoms with van der Waals surface area (Å²) in [6.07, 6.45) is 1.79. The SMILES string of the molecule is CC(CCI)C([O])C(C)CCI. The van der Waals surface area contributed by atoms with E-state index in [1.54, 1.807) is 0 Å². The quantitative estimate of drug-likeness (QED) is 0.483. The maximum Gasteiger partial charge on any atom is 0.0981 e. The summed E-state index contributed by atoms with van der Waals surface area (Å²) in [7, 11) is 0. The molecule has 0 rings (SSSR count). The van der Waals surface area contributed by atoms with Crippen LogP contribution in [0.15, 0.2) is 0 Å². The van der Waals surface area contributed by atoms with Crippen LogP contribution in [0.2, 0.25) is 0 Å². The van der Waals surface area contributed by atoms with Crippen LogP contribution in [-0.2, 0) is 5.11 Å². The molecule has 0 saturated heterocycles. The van der Waals surface area contributed by atoms with Gasteiger partial charge in [-0.1, -0.05) is 59.0 Å². The molecule has 2 atom stereocenters. The van der Waals surface area contributed by atoms with E-state index >= 15 is 0 Å². The van der Waals surface area contributed by atoms with E-state index in [1.807, 2.05) is 0 Å². The van der Waals surface area contributed by atoms with E-state index in [0.717, 1.165) is 21.7 Å². The fourth-order valence-corrected chi connectivity index (χ4v) is 3.20. The highest BCUT2D eigenvalue weighted by atomic mass is 127. The van der Waals surface area contributed by atoms with Gasteiger partial charge in [0.05, 0.1) is 6.10 Å². The van der Waals surface area contributed by atoms with Crippen molar-refractivity contribution in [3.8, 4) is 0 Å². The Morgan fingerprint density at radius 3 is 1.58 bits per heavy atom. The standard InChI is InChI=1S/C9H17I2O/c1-7(3-5-10)9(12)8(2)4-6-11/h7-9H,3-6H2,1-2H3. The van der Waals surface area contributed by atoms with Crippen LogP contribution in [0, 0.1) is 11.8 Å². The Bertz CT molecular complexity index is 96.7. The first-order chi connectivity index (χ1) is 5.63. The second-order valence-electron chi connectivity index (χ2n) is 3.37. The van der Waals surface area contributed by atoms with Crippen molar-refractivity contribution in [1.82, 2.24) is 0 Å². The van der Waals surface area contributed by atoms with Crippen LogP contribution in [0.3, 0.4) is 0 Å². The van der Waals surface area contributed by atoms with Crippen molar-refractivity contribution in [1.29, 1.82) is 0 Å². The molecule has 0 bridgehead atoms. The van der Waals surface area contributed by atoms with Crippen molar-refractivity contribution >= 4 is 45.2 Å². The summed E-state index contributed by atoms with van der Waals surface area (Å²) >= 11 is 4.68. The van der Waals surface area contributed by atoms with E-state index in [9.17, 15) is 5.11 Å². The van der Waals surface area contributed by atoms with Crippen molar-refractivity contribution in [2.24, 2.45) is 11.8 Å². The number of rotatable bonds is 6. The molecule has 0 aromatic carbocycles. The third-order valence-corrected chi connectivity index (χ3v) is 3.50. The highest BCUT2D eigenvalue weighted by Gasteiger charge is 2.21. The number of hydrogen-bond donors (Lipinski definition) is 0. The Labute approximate surface area is 103 Å². The van der Waals surface area contributed by atoms with Crippen molar-refractivity contribution in [2.75, 3.05) is 8.86 Å². The molecule has 1 radical (unpaired) electrons. The fourth-order valence-electron chi connectivity index (χ4n) is 1.23. The lowest BCUT2D eigenvalue weighted by Gasteiger charge is -2.21. The molecule has 2 unspecified atom stereocenters. The van der Waals surface area contributed by atoms with Crippen molar-refractivity contribution in [2.45, 2.75) is 32.8 Å². The Morgan fingerprint density at radius 2 is 1.33 bits per heavy atom. The third kappa shape index (κ3) is 5.21. The van der Waals surface area contributed by atoms with Gasteiger partial charge in [0, 0.05) is 0 Å². The zero-order valence-electron chi connectivity index (χ0n) is 7.72. The van der Waals surface area contributed by atoms with Crippen LogP contribution in [0.5, 0.6) is 0 Å². The summed E-state index contributed by atoms with van der Waals surface area (Å²) in [5.41, 5.74) is 0. The van der Waals surface area contributed by atoms with Gasteiger partial charge in [0.15, 0.2) is 0 Å². The first-order valence-corrected chi connectivity index (χ1v) is 7.46. The summed E-state index contributed by atoms with van der Waals surface area (Å²) in [6, 6.07) is 0. The Morgan fingerprint density at radius 1 is 1.00 bits per heavy atom. The van der Waals surface area contributed by atoms with Gasteiger partial charge in [-0.2, -0.15) is 0 Å². The van der Waals surface area contributed by atoms with E-state index < -0.39 is 0 Å². The summed E-state index contributed by atoms with van der Waals surface area (Å²) in [4.78, 5) is 0. The Balaban J connectivity index is 3.73. The molecule has 0 aromatic rings. The lowest BCUT2D eigenvalue weighted by Crippen LogP contribution is -2.24. The maximum atomic E-state index is 11.7. The van der Waals surface area contributed by atoms with Crippen LogP contribution < -0.4 is 0 Å². The largest absolute Gasteiger partial charge is 0.233 e. The molecule has 0 N–H and O–H groups in total. The first-order valence-electron chi connectivity index (χ1n) is 4.41. The summed E-state index contributed by atoms with van der Waals surface area (Å²) in [6.45, 7) is 4.17. The second kappa shape index (κ2) is 7.79. The molecule has 0 spiro atoms. The fraction of sp³-hybridized carbons (Fsp3) is 1.00. The zero-order valence-corrected chi connectivity index (χ0v) is 12.0. The van der Waals surface area contributed by atoms with E-state index in [0.29, 0.717) is 11.8 Å². The number of hydrogen-bond acceptors (Lipinski definition) is 0. The predicted molar refractivity (Wildman–Crippen MR) is 69.8 cm³/mol. The average Bonchev–Trinajstić information content (AvgIpc) is 2.04. The van der Waals surface area contributed by atoms with Crippen LogP contribution in [0.25, 0.3) is 0 Å². The minimum Gasteiger partial charge on any atom is -0.233 e. The molecule has 73 valence electrons. The number of halogens is 2. The van der Waals surface area contributed by atoms with Gasteiger partial charge in [0.2, 0.25) is 0 Å². The molecule has 0 fully saturated rings. The molecule has 0 heterocycles. The van der Waals surface area contributed by atoms with Crippen LogP contribution in [0.1, 0.15) is 26.7 Å². The van der Waals surface area contributed by atoms with Gasteiger partial charge in [-0.15, -0.1) is 0 Å². The molecule has 0 aliphatic carbocycles. The molecule has 0 aliphatic heterocycles. The Kier molecular flexibility index (Phi) is 8.71.